The summed E-state index contributed by atoms with van der Waals surface area (Å²) >= 11 is 3.62. The number of hydrogen-bond acceptors (Lipinski definition) is 1. The molecule has 0 radical (unpaired) electrons. The smallest absolute Gasteiger partial charge is 0.0207 e. The maximum atomic E-state index is 3.62. The minimum absolute atomic E-state index is 0.675. The van der Waals surface area contributed by atoms with E-state index in [2.05, 4.69) is 52.4 Å². The first-order valence-corrected chi connectivity index (χ1v) is 6.57. The fraction of sp³-hybridized carbons (Fsp3) is 0.538. The van der Waals surface area contributed by atoms with Crippen LogP contribution in [0.25, 0.3) is 0 Å². The largest absolute Gasteiger partial charge is 0.314 e. The molecule has 1 aliphatic carbocycles. The molecule has 1 aromatic carbocycles. The van der Waals surface area contributed by atoms with Crippen LogP contribution in [0.1, 0.15) is 25.3 Å². The van der Waals surface area contributed by atoms with Crippen molar-refractivity contribution in [3.8, 4) is 0 Å². The second kappa shape index (κ2) is 5.13. The first-order chi connectivity index (χ1) is 7.31. The normalized spacial score (nSPS) is 17.7. The molecular formula is C13H18BrN. The Hall–Kier alpha value is -0.340. The van der Waals surface area contributed by atoms with Crippen molar-refractivity contribution >= 4 is 15.9 Å². The molecule has 1 nitrogen and oxygen atoms in total. The van der Waals surface area contributed by atoms with E-state index >= 15 is 0 Å². The minimum Gasteiger partial charge on any atom is -0.314 e. The molecule has 0 aromatic heterocycles. The lowest BCUT2D eigenvalue weighted by molar-refractivity contribution is 0.472. The third-order valence-electron chi connectivity index (χ3n) is 3.06. The highest BCUT2D eigenvalue weighted by Crippen LogP contribution is 2.34. The Morgan fingerprint density at radius 2 is 2.13 bits per heavy atom. The van der Waals surface area contributed by atoms with Gasteiger partial charge >= 0.3 is 0 Å². The molecule has 2 rings (SSSR count). The van der Waals surface area contributed by atoms with E-state index in [1.807, 2.05) is 0 Å². The zero-order valence-corrected chi connectivity index (χ0v) is 10.8. The lowest BCUT2D eigenvalue weighted by Gasteiger charge is -2.17. The Kier molecular flexibility index (Phi) is 3.81. The third kappa shape index (κ3) is 3.05. The highest BCUT2D eigenvalue weighted by atomic mass is 79.9. The first kappa shape index (κ1) is 11.2. The summed E-state index contributed by atoms with van der Waals surface area (Å²) in [6.45, 7) is 3.26. The Bertz CT molecular complexity index is 320. The van der Waals surface area contributed by atoms with Gasteiger partial charge in [-0.3, -0.25) is 0 Å². The first-order valence-electron chi connectivity index (χ1n) is 5.78. The van der Waals surface area contributed by atoms with Crippen molar-refractivity contribution in [2.24, 2.45) is 5.92 Å². The molecule has 0 spiro atoms. The van der Waals surface area contributed by atoms with Gasteiger partial charge in [0, 0.05) is 10.5 Å². The van der Waals surface area contributed by atoms with Gasteiger partial charge in [0.2, 0.25) is 0 Å². The van der Waals surface area contributed by atoms with Gasteiger partial charge in [0.25, 0.3) is 0 Å². The lowest BCUT2D eigenvalue weighted by Crippen LogP contribution is -2.32. The van der Waals surface area contributed by atoms with Crippen LogP contribution in [0.15, 0.2) is 28.7 Å². The summed E-state index contributed by atoms with van der Waals surface area (Å²) in [4.78, 5) is 0. The molecule has 0 bridgehead atoms. The van der Waals surface area contributed by atoms with Gasteiger partial charge in [0.1, 0.15) is 0 Å². The average molecular weight is 268 g/mol. The minimum atomic E-state index is 0.675. The van der Waals surface area contributed by atoms with Crippen LogP contribution in [-0.4, -0.2) is 12.6 Å². The van der Waals surface area contributed by atoms with Gasteiger partial charge < -0.3 is 5.32 Å². The topological polar surface area (TPSA) is 12.0 Å². The molecule has 15 heavy (non-hydrogen) atoms. The number of likely N-dealkylation sites (N-methyl/N-ethyl adjacent to an activating group) is 1. The highest BCUT2D eigenvalue weighted by molar-refractivity contribution is 9.10. The molecule has 1 unspecified atom stereocenters. The van der Waals surface area contributed by atoms with E-state index < -0.39 is 0 Å². The van der Waals surface area contributed by atoms with E-state index in [0.717, 1.165) is 18.9 Å². The summed E-state index contributed by atoms with van der Waals surface area (Å²) in [5.74, 6) is 0.914. The van der Waals surface area contributed by atoms with E-state index in [-0.39, 0.29) is 0 Å². The van der Waals surface area contributed by atoms with Gasteiger partial charge in [0.05, 0.1) is 0 Å². The Labute approximate surface area is 100 Å². The summed E-state index contributed by atoms with van der Waals surface area (Å²) < 4.78 is 1.24. The molecule has 1 saturated carbocycles. The second-order valence-electron chi connectivity index (χ2n) is 4.30. The lowest BCUT2D eigenvalue weighted by atomic mass is 10.0. The molecule has 1 aliphatic rings. The molecule has 82 valence electrons. The molecule has 2 heteroatoms. The third-order valence-corrected chi connectivity index (χ3v) is 3.83. The standard InChI is InChI=1S/C13H18BrN/c1-2-15-13(10-7-8-10)9-11-5-3-4-6-12(11)14/h3-6,10,13,15H,2,7-9H2,1H3. The van der Waals surface area contributed by atoms with Crippen molar-refractivity contribution in [1.82, 2.24) is 5.32 Å². The summed E-state index contributed by atoms with van der Waals surface area (Å²) in [6.07, 6.45) is 3.96. The number of hydrogen-bond donors (Lipinski definition) is 1. The van der Waals surface area contributed by atoms with Crippen molar-refractivity contribution < 1.29 is 0 Å². The predicted octanol–water partition coefficient (Wildman–Crippen LogP) is 3.38. The predicted molar refractivity (Wildman–Crippen MR) is 68.0 cm³/mol. The Morgan fingerprint density at radius 1 is 1.40 bits per heavy atom. The molecule has 0 aliphatic heterocycles. The Balaban J connectivity index is 2.02. The maximum Gasteiger partial charge on any atom is 0.0207 e. The second-order valence-corrected chi connectivity index (χ2v) is 5.15. The van der Waals surface area contributed by atoms with E-state index in [9.17, 15) is 0 Å². The van der Waals surface area contributed by atoms with Crippen molar-refractivity contribution in [2.75, 3.05) is 6.54 Å². The summed E-state index contributed by atoms with van der Waals surface area (Å²) in [6, 6.07) is 9.22. The number of halogens is 1. The van der Waals surface area contributed by atoms with Crippen LogP contribution in [0, 0.1) is 5.92 Å². The molecule has 1 aromatic rings. The van der Waals surface area contributed by atoms with Gasteiger partial charge in [-0.25, -0.2) is 0 Å². The van der Waals surface area contributed by atoms with Crippen LogP contribution >= 0.6 is 15.9 Å². The summed E-state index contributed by atoms with van der Waals surface area (Å²) in [5.41, 5.74) is 1.43. The molecule has 1 N–H and O–H groups in total. The molecular weight excluding hydrogens is 250 g/mol. The van der Waals surface area contributed by atoms with Gasteiger partial charge in [-0.15, -0.1) is 0 Å². The van der Waals surface area contributed by atoms with E-state index in [1.165, 1.54) is 22.9 Å². The zero-order valence-electron chi connectivity index (χ0n) is 9.17. The van der Waals surface area contributed by atoms with Gasteiger partial charge in [0.15, 0.2) is 0 Å². The summed E-state index contributed by atoms with van der Waals surface area (Å²) in [7, 11) is 0. The van der Waals surface area contributed by atoms with E-state index in [0.29, 0.717) is 6.04 Å². The van der Waals surface area contributed by atoms with Gasteiger partial charge in [-0.05, 0) is 43.4 Å². The fourth-order valence-corrected chi connectivity index (χ4v) is 2.51. The molecule has 1 fully saturated rings. The quantitative estimate of drug-likeness (QED) is 0.863. The number of nitrogens with one attached hydrogen (secondary N) is 1. The fourth-order valence-electron chi connectivity index (χ4n) is 2.07. The van der Waals surface area contributed by atoms with Crippen LogP contribution in [0.5, 0.6) is 0 Å². The highest BCUT2D eigenvalue weighted by Gasteiger charge is 2.30. The molecule has 0 heterocycles. The number of benzene rings is 1. The monoisotopic (exact) mass is 267 g/mol. The summed E-state index contributed by atoms with van der Waals surface area (Å²) in [5, 5.41) is 3.60. The number of rotatable bonds is 5. The molecule has 0 amide bonds. The average Bonchev–Trinajstić information content (AvgIpc) is 3.04. The van der Waals surface area contributed by atoms with Crippen LogP contribution < -0.4 is 5.32 Å². The van der Waals surface area contributed by atoms with Crippen LogP contribution in [0.3, 0.4) is 0 Å². The van der Waals surface area contributed by atoms with Crippen LogP contribution in [0.2, 0.25) is 0 Å². The van der Waals surface area contributed by atoms with Crippen molar-refractivity contribution in [2.45, 2.75) is 32.2 Å². The van der Waals surface area contributed by atoms with Gasteiger partial charge in [-0.1, -0.05) is 41.1 Å². The Morgan fingerprint density at radius 3 is 2.73 bits per heavy atom. The molecule has 0 saturated heterocycles. The van der Waals surface area contributed by atoms with E-state index in [4.69, 9.17) is 0 Å². The van der Waals surface area contributed by atoms with E-state index in [1.54, 1.807) is 0 Å². The molecule has 1 atom stereocenters. The zero-order chi connectivity index (χ0) is 10.7. The van der Waals surface area contributed by atoms with Crippen molar-refractivity contribution in [3.63, 3.8) is 0 Å². The maximum absolute atomic E-state index is 3.62. The van der Waals surface area contributed by atoms with Crippen molar-refractivity contribution in [3.05, 3.63) is 34.3 Å². The SMILES string of the molecule is CCNC(Cc1ccccc1Br)C1CC1. The van der Waals surface area contributed by atoms with Gasteiger partial charge in [-0.2, -0.15) is 0 Å². The van der Waals surface area contributed by atoms with Crippen molar-refractivity contribution in [1.29, 1.82) is 0 Å². The van der Waals surface area contributed by atoms with Crippen LogP contribution in [0.4, 0.5) is 0 Å². The van der Waals surface area contributed by atoms with Crippen LogP contribution in [-0.2, 0) is 6.42 Å².